The van der Waals surface area contributed by atoms with Gasteiger partial charge in [0, 0.05) is 5.56 Å². The van der Waals surface area contributed by atoms with Gasteiger partial charge in [-0.05, 0) is 19.1 Å². The minimum Gasteiger partial charge on any atom is -0.434 e. The molecular formula is C11H7F5O3. The van der Waals surface area contributed by atoms with Crippen molar-refractivity contribution in [2.24, 2.45) is 0 Å². The zero-order valence-corrected chi connectivity index (χ0v) is 9.42. The molecule has 1 aromatic rings. The first-order chi connectivity index (χ1) is 8.66. The minimum absolute atomic E-state index is 0.0321. The molecule has 0 aliphatic heterocycles. The number of alkyl halides is 5. The quantitative estimate of drug-likeness (QED) is 0.483. The molecule has 0 atom stereocenters. The fraction of sp³-hybridized carbons (Fsp3) is 0.273. The normalized spacial score (nSPS) is 11.5. The van der Waals surface area contributed by atoms with Crippen molar-refractivity contribution in [1.29, 1.82) is 0 Å². The lowest BCUT2D eigenvalue weighted by molar-refractivity contribution is -0.138. The number of hydrogen-bond donors (Lipinski definition) is 0. The van der Waals surface area contributed by atoms with Gasteiger partial charge in [-0.15, -0.1) is 0 Å². The van der Waals surface area contributed by atoms with Crippen molar-refractivity contribution in [3.05, 3.63) is 28.8 Å². The van der Waals surface area contributed by atoms with Crippen molar-refractivity contribution in [1.82, 2.24) is 0 Å². The van der Waals surface area contributed by atoms with E-state index in [-0.39, 0.29) is 12.4 Å². The summed E-state index contributed by atoms with van der Waals surface area (Å²) in [5.41, 5.74) is -2.77. The van der Waals surface area contributed by atoms with Crippen LogP contribution in [0.3, 0.4) is 0 Å². The van der Waals surface area contributed by atoms with Crippen molar-refractivity contribution in [2.75, 3.05) is 0 Å². The third kappa shape index (κ3) is 3.49. The number of aldehydes is 1. The number of hydrogen-bond acceptors (Lipinski definition) is 3. The molecule has 0 unspecified atom stereocenters. The summed E-state index contributed by atoms with van der Waals surface area (Å²) in [6.45, 7) is -2.52. The standard InChI is InChI=1S/C11H7F5O3/c1-5(18)7-2-6(4-17)9(19-10(12)13)3-8(7)11(14,15)16/h2-4,10H,1H3. The van der Waals surface area contributed by atoms with E-state index in [0.717, 1.165) is 6.92 Å². The summed E-state index contributed by atoms with van der Waals surface area (Å²) in [5, 5.41) is 0. The Morgan fingerprint density at radius 3 is 2.26 bits per heavy atom. The monoisotopic (exact) mass is 282 g/mol. The van der Waals surface area contributed by atoms with Crippen LogP contribution in [0.5, 0.6) is 5.75 Å². The van der Waals surface area contributed by atoms with Crippen LogP contribution in [0, 0.1) is 0 Å². The zero-order chi connectivity index (χ0) is 14.8. The first-order valence-corrected chi connectivity index (χ1v) is 4.83. The maximum Gasteiger partial charge on any atom is 0.417 e. The Morgan fingerprint density at radius 2 is 1.89 bits per heavy atom. The maximum atomic E-state index is 12.7. The van der Waals surface area contributed by atoms with E-state index < -0.39 is 41.0 Å². The van der Waals surface area contributed by atoms with Gasteiger partial charge in [0.1, 0.15) is 5.75 Å². The van der Waals surface area contributed by atoms with E-state index in [9.17, 15) is 31.5 Å². The largest absolute Gasteiger partial charge is 0.434 e. The van der Waals surface area contributed by atoms with Gasteiger partial charge in [-0.1, -0.05) is 0 Å². The molecule has 0 saturated heterocycles. The van der Waals surface area contributed by atoms with Crippen molar-refractivity contribution in [3.8, 4) is 5.75 Å². The van der Waals surface area contributed by atoms with Gasteiger partial charge in [-0.25, -0.2) is 0 Å². The molecule has 0 amide bonds. The Balaban J connectivity index is 3.52. The third-order valence-electron chi connectivity index (χ3n) is 2.18. The number of halogens is 5. The molecule has 0 N–H and O–H groups in total. The minimum atomic E-state index is -4.93. The van der Waals surface area contributed by atoms with Gasteiger partial charge < -0.3 is 4.74 Å². The van der Waals surface area contributed by atoms with Gasteiger partial charge in [0.25, 0.3) is 0 Å². The van der Waals surface area contributed by atoms with E-state index >= 15 is 0 Å². The fourth-order valence-electron chi connectivity index (χ4n) is 1.41. The van der Waals surface area contributed by atoms with Gasteiger partial charge in [0.15, 0.2) is 12.1 Å². The van der Waals surface area contributed by atoms with Crippen LogP contribution in [-0.4, -0.2) is 18.7 Å². The molecular weight excluding hydrogens is 275 g/mol. The van der Waals surface area contributed by atoms with E-state index in [1.807, 2.05) is 0 Å². The van der Waals surface area contributed by atoms with Crippen molar-refractivity contribution < 1.29 is 36.3 Å². The molecule has 0 bridgehead atoms. The summed E-state index contributed by atoms with van der Waals surface area (Å²) in [5.74, 6) is -1.87. The summed E-state index contributed by atoms with van der Waals surface area (Å²) < 4.78 is 65.9. The average Bonchev–Trinajstić information content (AvgIpc) is 2.26. The Morgan fingerprint density at radius 1 is 1.32 bits per heavy atom. The predicted octanol–water partition coefficient (Wildman–Crippen LogP) is 3.32. The Labute approximate surface area is 104 Å². The fourth-order valence-corrected chi connectivity index (χ4v) is 1.41. The first-order valence-electron chi connectivity index (χ1n) is 4.83. The second-order valence-electron chi connectivity index (χ2n) is 3.49. The summed E-state index contributed by atoms with van der Waals surface area (Å²) in [7, 11) is 0. The number of carbonyl (C=O) groups is 2. The van der Waals surface area contributed by atoms with Crippen LogP contribution in [0.2, 0.25) is 0 Å². The Hall–Kier alpha value is -1.99. The predicted molar refractivity (Wildman–Crippen MR) is 53.5 cm³/mol. The molecule has 0 spiro atoms. The Bertz CT molecular complexity index is 508. The second kappa shape index (κ2) is 5.33. The summed E-state index contributed by atoms with van der Waals surface area (Å²) in [4.78, 5) is 21.7. The second-order valence-corrected chi connectivity index (χ2v) is 3.49. The van der Waals surface area contributed by atoms with Crippen LogP contribution in [-0.2, 0) is 6.18 Å². The highest BCUT2D eigenvalue weighted by Gasteiger charge is 2.36. The number of benzene rings is 1. The van der Waals surface area contributed by atoms with Crippen molar-refractivity contribution in [3.63, 3.8) is 0 Å². The highest BCUT2D eigenvalue weighted by molar-refractivity contribution is 5.98. The van der Waals surface area contributed by atoms with Crippen LogP contribution < -0.4 is 4.74 Å². The number of Topliss-reactive ketones (excluding diaryl/α,β-unsaturated/α-hetero) is 1. The van der Waals surface area contributed by atoms with Crippen LogP contribution in [0.1, 0.15) is 33.2 Å². The summed E-state index contributed by atoms with van der Waals surface area (Å²) >= 11 is 0. The lowest BCUT2D eigenvalue weighted by Crippen LogP contribution is -2.14. The molecule has 3 nitrogen and oxygen atoms in total. The van der Waals surface area contributed by atoms with E-state index in [1.54, 1.807) is 0 Å². The van der Waals surface area contributed by atoms with Crippen LogP contribution in [0.25, 0.3) is 0 Å². The van der Waals surface area contributed by atoms with E-state index in [0.29, 0.717) is 6.07 Å². The zero-order valence-electron chi connectivity index (χ0n) is 9.42. The van der Waals surface area contributed by atoms with Gasteiger partial charge in [0.05, 0.1) is 11.1 Å². The van der Waals surface area contributed by atoms with Crippen LogP contribution in [0.4, 0.5) is 22.0 Å². The number of ether oxygens (including phenoxy) is 1. The van der Waals surface area contributed by atoms with Crippen LogP contribution >= 0.6 is 0 Å². The lowest BCUT2D eigenvalue weighted by Gasteiger charge is -2.15. The molecule has 0 aliphatic carbocycles. The first kappa shape index (κ1) is 15.1. The summed E-state index contributed by atoms with van der Waals surface area (Å²) in [6.07, 6.45) is -4.90. The van der Waals surface area contributed by atoms with Crippen LogP contribution in [0.15, 0.2) is 12.1 Å². The highest BCUT2D eigenvalue weighted by Crippen LogP contribution is 2.36. The number of rotatable bonds is 4. The molecule has 104 valence electrons. The molecule has 8 heteroatoms. The third-order valence-corrected chi connectivity index (χ3v) is 2.18. The van der Waals surface area contributed by atoms with Crippen molar-refractivity contribution in [2.45, 2.75) is 19.7 Å². The molecule has 0 heterocycles. The average molecular weight is 282 g/mol. The highest BCUT2D eigenvalue weighted by atomic mass is 19.4. The van der Waals surface area contributed by atoms with E-state index in [2.05, 4.69) is 4.74 Å². The maximum absolute atomic E-state index is 12.7. The van der Waals surface area contributed by atoms with E-state index in [4.69, 9.17) is 0 Å². The molecule has 19 heavy (non-hydrogen) atoms. The molecule has 0 aliphatic rings. The van der Waals surface area contributed by atoms with E-state index in [1.165, 1.54) is 0 Å². The molecule has 1 rings (SSSR count). The Kier molecular flexibility index (Phi) is 4.23. The molecule has 0 radical (unpaired) electrons. The number of carbonyl (C=O) groups excluding carboxylic acids is 2. The van der Waals surface area contributed by atoms with Gasteiger partial charge in [-0.3, -0.25) is 9.59 Å². The van der Waals surface area contributed by atoms with Gasteiger partial charge in [-0.2, -0.15) is 22.0 Å². The molecule has 0 fully saturated rings. The smallest absolute Gasteiger partial charge is 0.417 e. The van der Waals surface area contributed by atoms with Crippen molar-refractivity contribution >= 4 is 12.1 Å². The lowest BCUT2D eigenvalue weighted by atomic mass is 10.00. The molecule has 0 saturated carbocycles. The summed E-state index contributed by atoms with van der Waals surface area (Å²) in [6, 6.07) is 0.794. The molecule has 1 aromatic carbocycles. The molecule has 0 aromatic heterocycles. The SMILES string of the molecule is CC(=O)c1cc(C=O)c(OC(F)F)cc1C(F)(F)F. The van der Waals surface area contributed by atoms with Gasteiger partial charge >= 0.3 is 12.8 Å². The topological polar surface area (TPSA) is 43.4 Å². The van der Waals surface area contributed by atoms with Gasteiger partial charge in [0.2, 0.25) is 0 Å². The number of ketones is 1.